The van der Waals surface area contributed by atoms with E-state index in [4.69, 9.17) is 33.0 Å². The fourth-order valence-corrected chi connectivity index (χ4v) is 2.24. The number of aliphatic hydroxyl groups excluding tert-OH is 1. The van der Waals surface area contributed by atoms with E-state index in [0.29, 0.717) is 41.4 Å². The van der Waals surface area contributed by atoms with Crippen molar-refractivity contribution in [1.82, 2.24) is 4.98 Å². The summed E-state index contributed by atoms with van der Waals surface area (Å²) in [4.78, 5) is 6.34. The van der Waals surface area contributed by atoms with Gasteiger partial charge in [0.05, 0.1) is 23.3 Å². The van der Waals surface area contributed by atoms with Gasteiger partial charge in [-0.05, 0) is 12.5 Å². The van der Waals surface area contributed by atoms with Gasteiger partial charge in [0.2, 0.25) is 0 Å². The maximum atomic E-state index is 9.16. The first kappa shape index (κ1) is 17.3. The molecule has 20 heavy (non-hydrogen) atoms. The summed E-state index contributed by atoms with van der Waals surface area (Å²) in [6.07, 6.45) is 0.972. The fraction of sp³-hybridized carbons (Fsp3) is 0.615. The predicted octanol–water partition coefficient (Wildman–Crippen LogP) is 2.66. The molecule has 0 saturated heterocycles. The van der Waals surface area contributed by atoms with Crippen molar-refractivity contribution in [2.45, 2.75) is 13.3 Å². The first-order valence-corrected chi connectivity index (χ1v) is 7.34. The molecule has 0 atom stereocenters. The zero-order valence-corrected chi connectivity index (χ0v) is 13.3. The quantitative estimate of drug-likeness (QED) is 0.732. The number of aromatic nitrogens is 1. The summed E-state index contributed by atoms with van der Waals surface area (Å²) >= 11 is 12.3. The molecule has 0 fully saturated rings. The molecule has 1 aromatic heterocycles. The van der Waals surface area contributed by atoms with Gasteiger partial charge in [-0.2, -0.15) is 0 Å². The van der Waals surface area contributed by atoms with Gasteiger partial charge in [0.25, 0.3) is 0 Å². The molecule has 0 spiro atoms. The molecule has 0 amide bonds. The van der Waals surface area contributed by atoms with Gasteiger partial charge in [0.1, 0.15) is 11.6 Å². The molecule has 7 heteroatoms. The zero-order chi connectivity index (χ0) is 15.0. The number of nitrogens with zero attached hydrogens (tertiary/aromatic N) is 2. The molecule has 0 bridgehead atoms. The van der Waals surface area contributed by atoms with E-state index < -0.39 is 0 Å². The highest BCUT2D eigenvalue weighted by Crippen LogP contribution is 2.31. The van der Waals surface area contributed by atoms with Crippen LogP contribution in [0.2, 0.25) is 10.0 Å². The van der Waals surface area contributed by atoms with E-state index in [-0.39, 0.29) is 6.61 Å². The largest absolute Gasteiger partial charge is 0.395 e. The van der Waals surface area contributed by atoms with Crippen LogP contribution in [0.5, 0.6) is 0 Å². The second-order valence-corrected chi connectivity index (χ2v) is 5.07. The van der Waals surface area contributed by atoms with E-state index in [1.807, 2.05) is 4.90 Å². The summed E-state index contributed by atoms with van der Waals surface area (Å²) in [5.41, 5.74) is 0. The van der Waals surface area contributed by atoms with Crippen molar-refractivity contribution in [2.24, 2.45) is 0 Å². The topological polar surface area (TPSA) is 57.6 Å². The average Bonchev–Trinajstić information content (AvgIpc) is 2.43. The highest BCUT2D eigenvalue weighted by atomic mass is 35.5. The lowest BCUT2D eigenvalue weighted by molar-refractivity contribution is 0.202. The Hall–Kier alpha value is -0.750. The number of anilines is 2. The van der Waals surface area contributed by atoms with Crippen LogP contribution in [0.3, 0.4) is 0 Å². The van der Waals surface area contributed by atoms with Gasteiger partial charge in [-0.25, -0.2) is 4.98 Å². The molecule has 1 aromatic rings. The normalized spacial score (nSPS) is 10.7. The van der Waals surface area contributed by atoms with Crippen LogP contribution in [0.1, 0.15) is 13.3 Å². The zero-order valence-electron chi connectivity index (χ0n) is 11.8. The molecule has 1 heterocycles. The molecule has 0 unspecified atom stereocenters. The Kier molecular flexibility index (Phi) is 7.99. The Morgan fingerprint density at radius 3 is 2.70 bits per heavy atom. The highest BCUT2D eigenvalue weighted by Gasteiger charge is 2.15. The highest BCUT2D eigenvalue weighted by molar-refractivity contribution is 6.37. The number of rotatable bonds is 9. The molecule has 0 aromatic carbocycles. The number of ether oxygens (including phenoxy) is 1. The molecule has 0 aliphatic heterocycles. The number of nitrogens with one attached hydrogen (secondary N) is 1. The molecule has 114 valence electrons. The SMILES string of the molecule is CCCNc1nc(N(CCO)CCOC)c(Cl)cc1Cl. The van der Waals surface area contributed by atoms with E-state index in [2.05, 4.69) is 17.2 Å². The van der Waals surface area contributed by atoms with Crippen molar-refractivity contribution in [2.75, 3.05) is 50.2 Å². The van der Waals surface area contributed by atoms with Crippen LogP contribution < -0.4 is 10.2 Å². The van der Waals surface area contributed by atoms with Gasteiger partial charge in [-0.1, -0.05) is 30.1 Å². The first-order chi connectivity index (χ1) is 9.63. The molecule has 2 N–H and O–H groups in total. The lowest BCUT2D eigenvalue weighted by Crippen LogP contribution is -2.31. The van der Waals surface area contributed by atoms with Crippen LogP contribution in [0, 0.1) is 0 Å². The third-order valence-electron chi connectivity index (χ3n) is 2.69. The minimum Gasteiger partial charge on any atom is -0.395 e. The van der Waals surface area contributed by atoms with Gasteiger partial charge in [0.15, 0.2) is 0 Å². The summed E-state index contributed by atoms with van der Waals surface area (Å²) in [6, 6.07) is 1.67. The predicted molar refractivity (Wildman–Crippen MR) is 84.2 cm³/mol. The third-order valence-corrected chi connectivity index (χ3v) is 3.25. The van der Waals surface area contributed by atoms with E-state index in [1.165, 1.54) is 0 Å². The van der Waals surface area contributed by atoms with Crippen molar-refractivity contribution in [3.8, 4) is 0 Å². The molecule has 0 saturated carbocycles. The van der Waals surface area contributed by atoms with Crippen molar-refractivity contribution in [3.63, 3.8) is 0 Å². The van der Waals surface area contributed by atoms with Gasteiger partial charge < -0.3 is 20.1 Å². The van der Waals surface area contributed by atoms with Crippen molar-refractivity contribution in [3.05, 3.63) is 16.1 Å². The van der Waals surface area contributed by atoms with Crippen LogP contribution in [0.4, 0.5) is 11.6 Å². The molecule has 0 aliphatic carbocycles. The summed E-state index contributed by atoms with van der Waals surface area (Å²) in [7, 11) is 1.63. The molecule has 0 radical (unpaired) electrons. The van der Waals surface area contributed by atoms with Crippen molar-refractivity contribution in [1.29, 1.82) is 0 Å². The van der Waals surface area contributed by atoms with Gasteiger partial charge in [-0.3, -0.25) is 0 Å². The number of halogens is 2. The number of methoxy groups -OCH3 is 1. The molecule has 1 rings (SSSR count). The Morgan fingerprint density at radius 1 is 1.35 bits per heavy atom. The average molecular weight is 322 g/mol. The van der Waals surface area contributed by atoms with E-state index in [9.17, 15) is 0 Å². The maximum Gasteiger partial charge on any atom is 0.150 e. The Morgan fingerprint density at radius 2 is 2.10 bits per heavy atom. The Balaban J connectivity index is 2.99. The summed E-state index contributed by atoms with van der Waals surface area (Å²) in [5, 5.41) is 13.3. The Bertz CT molecular complexity index is 419. The summed E-state index contributed by atoms with van der Waals surface area (Å²) < 4.78 is 5.06. The number of hydrogen-bond donors (Lipinski definition) is 2. The van der Waals surface area contributed by atoms with E-state index in [1.54, 1.807) is 13.2 Å². The van der Waals surface area contributed by atoms with Crippen LogP contribution >= 0.6 is 23.2 Å². The summed E-state index contributed by atoms with van der Waals surface area (Å²) in [6.45, 7) is 4.42. The first-order valence-electron chi connectivity index (χ1n) is 6.58. The van der Waals surface area contributed by atoms with Crippen LogP contribution in [0.25, 0.3) is 0 Å². The second kappa shape index (κ2) is 9.23. The monoisotopic (exact) mass is 321 g/mol. The van der Waals surface area contributed by atoms with Crippen LogP contribution in [0.15, 0.2) is 6.07 Å². The standard InChI is InChI=1S/C13H21Cl2N3O2/c1-3-4-16-12-10(14)9-11(15)13(17-12)18(5-7-19)6-8-20-2/h9,19H,3-8H2,1-2H3,(H,16,17). The van der Waals surface area contributed by atoms with E-state index in [0.717, 1.165) is 13.0 Å². The van der Waals surface area contributed by atoms with Gasteiger partial charge >= 0.3 is 0 Å². The van der Waals surface area contributed by atoms with Crippen LogP contribution in [-0.4, -0.2) is 50.0 Å². The number of hydrogen-bond acceptors (Lipinski definition) is 5. The van der Waals surface area contributed by atoms with Crippen molar-refractivity contribution < 1.29 is 9.84 Å². The third kappa shape index (κ3) is 4.98. The fourth-order valence-electron chi connectivity index (χ4n) is 1.69. The van der Waals surface area contributed by atoms with Crippen molar-refractivity contribution >= 4 is 34.8 Å². The maximum absolute atomic E-state index is 9.16. The lowest BCUT2D eigenvalue weighted by Gasteiger charge is -2.24. The number of pyridine rings is 1. The molecule has 0 aliphatic rings. The smallest absolute Gasteiger partial charge is 0.150 e. The molecule has 5 nitrogen and oxygen atoms in total. The number of aliphatic hydroxyl groups is 1. The second-order valence-electron chi connectivity index (χ2n) is 4.25. The van der Waals surface area contributed by atoms with E-state index >= 15 is 0 Å². The molecular weight excluding hydrogens is 301 g/mol. The lowest BCUT2D eigenvalue weighted by atomic mass is 10.3. The van der Waals surface area contributed by atoms with Gasteiger partial charge in [0, 0.05) is 26.7 Å². The minimum absolute atomic E-state index is 0.0159. The summed E-state index contributed by atoms with van der Waals surface area (Å²) in [5.74, 6) is 1.20. The molecular formula is C13H21Cl2N3O2. The van der Waals surface area contributed by atoms with Gasteiger partial charge in [-0.15, -0.1) is 0 Å². The van der Waals surface area contributed by atoms with Crippen LogP contribution in [-0.2, 0) is 4.74 Å². The Labute approximate surface area is 129 Å². The minimum atomic E-state index is 0.0159.